The van der Waals surface area contributed by atoms with Gasteiger partial charge < -0.3 is 20.1 Å². The van der Waals surface area contributed by atoms with Gasteiger partial charge in [-0.25, -0.2) is 4.68 Å². The van der Waals surface area contributed by atoms with Gasteiger partial charge in [0.1, 0.15) is 23.9 Å². The number of fused-ring (bicyclic) bond motifs is 1. The largest absolute Gasteiger partial charge is 0.497 e. The van der Waals surface area contributed by atoms with Crippen molar-refractivity contribution in [2.24, 2.45) is 0 Å². The van der Waals surface area contributed by atoms with Gasteiger partial charge in [-0.2, -0.15) is 10.1 Å². The highest BCUT2D eigenvalue weighted by atomic mass is 32.1. The summed E-state index contributed by atoms with van der Waals surface area (Å²) >= 11 is 1.57. The monoisotopic (exact) mass is 397 g/mol. The van der Waals surface area contributed by atoms with Crippen LogP contribution in [0.4, 0.5) is 11.6 Å². The minimum atomic E-state index is -0.358. The van der Waals surface area contributed by atoms with Crippen LogP contribution in [-0.2, 0) is 4.79 Å². The van der Waals surface area contributed by atoms with Crippen molar-refractivity contribution < 1.29 is 14.3 Å². The van der Waals surface area contributed by atoms with E-state index in [2.05, 4.69) is 20.7 Å². The smallest absolute Gasteiger partial charge is 0.256 e. The molecule has 0 saturated carbocycles. The number of benzene rings is 1. The number of aromatic nitrogens is 3. The molecule has 4 rings (SSSR count). The summed E-state index contributed by atoms with van der Waals surface area (Å²) in [6.07, 6.45) is 1.48. The van der Waals surface area contributed by atoms with Gasteiger partial charge in [0.15, 0.2) is 0 Å². The lowest BCUT2D eigenvalue weighted by molar-refractivity contribution is -0.113. The molecule has 1 aliphatic rings. The Bertz CT molecular complexity index is 1040. The third-order valence-corrected chi connectivity index (χ3v) is 5.43. The van der Waals surface area contributed by atoms with E-state index in [4.69, 9.17) is 9.47 Å². The maximum absolute atomic E-state index is 13.3. The molecule has 3 heterocycles. The Morgan fingerprint density at radius 2 is 2.14 bits per heavy atom. The van der Waals surface area contributed by atoms with E-state index in [0.717, 1.165) is 10.6 Å². The number of hydrogen-bond acceptors (Lipinski definition) is 7. The topological polar surface area (TPSA) is 90.3 Å². The summed E-state index contributed by atoms with van der Waals surface area (Å²) in [6.45, 7) is 1.86. The number of ether oxygens (including phenoxy) is 2. The zero-order chi connectivity index (χ0) is 19.7. The van der Waals surface area contributed by atoms with Gasteiger partial charge >= 0.3 is 0 Å². The van der Waals surface area contributed by atoms with Crippen LogP contribution in [0.2, 0.25) is 0 Å². The fraction of sp³-hybridized carbons (Fsp3) is 0.211. The number of amides is 1. The second kappa shape index (κ2) is 7.35. The average molecular weight is 397 g/mol. The van der Waals surface area contributed by atoms with Gasteiger partial charge in [0.2, 0.25) is 5.95 Å². The molecule has 3 aromatic rings. The molecule has 2 aromatic heterocycles. The van der Waals surface area contributed by atoms with Crippen molar-refractivity contribution in [1.29, 1.82) is 0 Å². The van der Waals surface area contributed by atoms with Crippen LogP contribution < -0.4 is 20.1 Å². The highest BCUT2D eigenvalue weighted by Crippen LogP contribution is 2.38. The number of carbonyl (C=O) groups is 1. The summed E-state index contributed by atoms with van der Waals surface area (Å²) in [4.78, 5) is 18.5. The minimum Gasteiger partial charge on any atom is -0.497 e. The fourth-order valence-electron chi connectivity index (χ4n) is 3.19. The van der Waals surface area contributed by atoms with Gasteiger partial charge in [0.25, 0.3) is 5.91 Å². The Kier molecular flexibility index (Phi) is 4.74. The van der Waals surface area contributed by atoms with Crippen LogP contribution >= 0.6 is 11.3 Å². The Hall–Kier alpha value is -3.33. The lowest BCUT2D eigenvalue weighted by Gasteiger charge is -2.28. The van der Waals surface area contributed by atoms with Crippen molar-refractivity contribution in [2.45, 2.75) is 13.0 Å². The van der Waals surface area contributed by atoms with Crippen LogP contribution in [-0.4, -0.2) is 34.9 Å². The Labute approximate surface area is 165 Å². The molecule has 1 unspecified atom stereocenters. The third-order valence-electron chi connectivity index (χ3n) is 4.51. The van der Waals surface area contributed by atoms with E-state index in [1.165, 1.54) is 6.33 Å². The van der Waals surface area contributed by atoms with Crippen LogP contribution in [0.5, 0.6) is 11.5 Å². The van der Waals surface area contributed by atoms with Gasteiger partial charge in [0.05, 0.1) is 25.5 Å². The number of methoxy groups -OCH3 is 2. The number of carbonyl (C=O) groups excluding carboxylic acids is 1. The summed E-state index contributed by atoms with van der Waals surface area (Å²) in [6, 6.07) is 8.83. The second-order valence-electron chi connectivity index (χ2n) is 6.13. The molecule has 1 aliphatic heterocycles. The number of nitrogens with one attached hydrogen (secondary N) is 2. The first-order valence-corrected chi connectivity index (χ1v) is 9.44. The first kappa shape index (κ1) is 18.1. The molecule has 0 spiro atoms. The predicted molar refractivity (Wildman–Crippen MR) is 107 cm³/mol. The molecule has 0 aliphatic carbocycles. The standard InChI is InChI=1S/C19H19N5O3S/c1-11-16(18(25)23-13-7-6-12(26-2)9-14(13)27-3)17(15-5-4-8-28-15)24-19(22-11)20-10-21-24/h4-10,17H,1-3H3,(H,23,25)(H,20,21,22). The Balaban J connectivity index is 1.71. The lowest BCUT2D eigenvalue weighted by Crippen LogP contribution is -2.31. The van der Waals surface area contributed by atoms with Crippen molar-refractivity contribution in [2.75, 3.05) is 24.9 Å². The highest BCUT2D eigenvalue weighted by molar-refractivity contribution is 7.10. The van der Waals surface area contributed by atoms with Crippen LogP contribution in [0.1, 0.15) is 17.8 Å². The average Bonchev–Trinajstić information content (AvgIpc) is 3.38. The van der Waals surface area contributed by atoms with Gasteiger partial charge in [-0.15, -0.1) is 11.3 Å². The Morgan fingerprint density at radius 3 is 2.86 bits per heavy atom. The minimum absolute atomic E-state index is 0.243. The highest BCUT2D eigenvalue weighted by Gasteiger charge is 2.34. The van der Waals surface area contributed by atoms with E-state index in [-0.39, 0.29) is 11.9 Å². The number of rotatable bonds is 5. The molecule has 0 fully saturated rings. The van der Waals surface area contributed by atoms with Gasteiger partial charge in [-0.3, -0.25) is 4.79 Å². The van der Waals surface area contributed by atoms with Crippen molar-refractivity contribution in [3.8, 4) is 11.5 Å². The molecule has 1 atom stereocenters. The van der Waals surface area contributed by atoms with Crippen molar-refractivity contribution in [1.82, 2.24) is 14.8 Å². The zero-order valence-corrected chi connectivity index (χ0v) is 16.4. The first-order chi connectivity index (χ1) is 13.6. The molecule has 0 radical (unpaired) electrons. The van der Waals surface area contributed by atoms with E-state index in [1.807, 2.05) is 24.4 Å². The van der Waals surface area contributed by atoms with Crippen LogP contribution in [0.3, 0.4) is 0 Å². The van der Waals surface area contributed by atoms with Crippen LogP contribution in [0.25, 0.3) is 0 Å². The summed E-state index contributed by atoms with van der Waals surface area (Å²) in [5.74, 6) is 1.53. The summed E-state index contributed by atoms with van der Waals surface area (Å²) in [7, 11) is 3.13. The van der Waals surface area contributed by atoms with E-state index in [0.29, 0.717) is 28.7 Å². The maximum atomic E-state index is 13.3. The van der Waals surface area contributed by atoms with E-state index >= 15 is 0 Å². The quantitative estimate of drug-likeness (QED) is 0.687. The molecule has 9 heteroatoms. The normalized spacial score (nSPS) is 15.6. The molecule has 144 valence electrons. The van der Waals surface area contributed by atoms with E-state index < -0.39 is 0 Å². The first-order valence-electron chi connectivity index (χ1n) is 8.56. The van der Waals surface area contributed by atoms with E-state index in [1.54, 1.807) is 48.4 Å². The molecular weight excluding hydrogens is 378 g/mol. The van der Waals surface area contributed by atoms with E-state index in [9.17, 15) is 4.79 Å². The lowest BCUT2D eigenvalue weighted by atomic mass is 10.0. The molecule has 2 N–H and O–H groups in total. The van der Waals surface area contributed by atoms with Crippen LogP contribution in [0.15, 0.2) is 53.3 Å². The SMILES string of the molecule is COc1ccc(NC(=O)C2=C(C)Nc3ncnn3C2c2cccs2)c(OC)c1. The molecule has 28 heavy (non-hydrogen) atoms. The number of allylic oxidation sites excluding steroid dienone is 1. The number of thiophene rings is 1. The zero-order valence-electron chi connectivity index (χ0n) is 15.6. The van der Waals surface area contributed by atoms with Gasteiger partial charge in [-0.05, 0) is 30.5 Å². The second-order valence-corrected chi connectivity index (χ2v) is 7.11. The molecular formula is C19H19N5O3S. The Morgan fingerprint density at radius 1 is 1.29 bits per heavy atom. The van der Waals surface area contributed by atoms with Gasteiger partial charge in [0, 0.05) is 16.6 Å². The fourth-order valence-corrected chi connectivity index (χ4v) is 4.00. The van der Waals surface area contributed by atoms with Gasteiger partial charge in [-0.1, -0.05) is 6.07 Å². The van der Waals surface area contributed by atoms with Crippen molar-refractivity contribution >= 4 is 28.9 Å². The summed E-state index contributed by atoms with van der Waals surface area (Å²) in [5.41, 5.74) is 1.85. The third kappa shape index (κ3) is 3.09. The predicted octanol–water partition coefficient (Wildman–Crippen LogP) is 3.28. The number of anilines is 2. The van der Waals surface area contributed by atoms with Crippen LogP contribution in [0, 0.1) is 0 Å². The van der Waals surface area contributed by atoms with Crippen molar-refractivity contribution in [3.63, 3.8) is 0 Å². The molecule has 1 amide bonds. The summed E-state index contributed by atoms with van der Waals surface area (Å²) < 4.78 is 12.3. The maximum Gasteiger partial charge on any atom is 0.256 e. The van der Waals surface area contributed by atoms with Crippen molar-refractivity contribution in [3.05, 3.63) is 58.2 Å². The molecule has 1 aromatic carbocycles. The summed E-state index contributed by atoms with van der Waals surface area (Å²) in [5, 5.41) is 12.4. The molecule has 0 saturated heterocycles. The number of nitrogens with zero attached hydrogens (tertiary/aromatic N) is 3. The molecule has 0 bridgehead atoms. The molecule has 8 nitrogen and oxygen atoms in total. The number of hydrogen-bond donors (Lipinski definition) is 2.